The fourth-order valence-corrected chi connectivity index (χ4v) is 2.43. The standard InChI is InChI=1S/C13H17N3O2/c1-14-4-6-16(7-5-14)13(17)11-9-12-10(15(11)2)3-8-18-12/h3,8-9H,4-7H2,1-2H3. The smallest absolute Gasteiger partial charge is 0.270 e. The zero-order valence-electron chi connectivity index (χ0n) is 10.7. The van der Waals surface area contributed by atoms with Crippen molar-refractivity contribution in [2.24, 2.45) is 7.05 Å². The molecule has 0 radical (unpaired) electrons. The summed E-state index contributed by atoms with van der Waals surface area (Å²) in [4.78, 5) is 16.6. The first kappa shape index (κ1) is 11.3. The highest BCUT2D eigenvalue weighted by molar-refractivity contribution is 5.97. The van der Waals surface area contributed by atoms with Gasteiger partial charge in [0.2, 0.25) is 0 Å². The van der Waals surface area contributed by atoms with Gasteiger partial charge in [-0.05, 0) is 7.05 Å². The summed E-state index contributed by atoms with van der Waals surface area (Å²) in [6, 6.07) is 3.71. The number of aromatic nitrogens is 1. The Morgan fingerprint density at radius 2 is 1.94 bits per heavy atom. The first-order valence-electron chi connectivity index (χ1n) is 6.17. The van der Waals surface area contributed by atoms with E-state index in [1.165, 1.54) is 0 Å². The molecule has 0 aliphatic carbocycles. The predicted molar refractivity (Wildman–Crippen MR) is 68.6 cm³/mol. The number of carbonyl (C=O) groups excluding carboxylic acids is 1. The minimum atomic E-state index is 0.0944. The van der Waals surface area contributed by atoms with E-state index in [0.717, 1.165) is 37.3 Å². The molecule has 5 heteroatoms. The summed E-state index contributed by atoms with van der Waals surface area (Å²) in [7, 11) is 3.98. The molecule has 1 amide bonds. The van der Waals surface area contributed by atoms with Gasteiger partial charge in [0.25, 0.3) is 5.91 Å². The Labute approximate surface area is 106 Å². The molecule has 0 bridgehead atoms. The molecule has 1 fully saturated rings. The SMILES string of the molecule is CN1CCN(C(=O)c2cc3occc3n2C)CC1. The molecular formula is C13H17N3O2. The van der Waals surface area contributed by atoms with Crippen molar-refractivity contribution in [1.29, 1.82) is 0 Å². The molecule has 1 aliphatic rings. The van der Waals surface area contributed by atoms with Crippen LogP contribution < -0.4 is 0 Å². The van der Waals surface area contributed by atoms with Gasteiger partial charge in [0.05, 0.1) is 11.8 Å². The molecular weight excluding hydrogens is 230 g/mol. The Hall–Kier alpha value is -1.75. The van der Waals surface area contributed by atoms with Crippen molar-refractivity contribution in [3.63, 3.8) is 0 Å². The normalized spacial score (nSPS) is 17.6. The minimum Gasteiger partial charge on any atom is -0.463 e. The summed E-state index contributed by atoms with van der Waals surface area (Å²) < 4.78 is 7.24. The number of aryl methyl sites for hydroxylation is 1. The van der Waals surface area contributed by atoms with Gasteiger partial charge in [0.15, 0.2) is 5.58 Å². The number of piperazine rings is 1. The van der Waals surface area contributed by atoms with E-state index in [2.05, 4.69) is 11.9 Å². The van der Waals surface area contributed by atoms with E-state index in [-0.39, 0.29) is 5.91 Å². The number of likely N-dealkylation sites (N-methyl/N-ethyl adjacent to an activating group) is 1. The molecule has 3 rings (SSSR count). The number of amides is 1. The molecule has 0 saturated carbocycles. The lowest BCUT2D eigenvalue weighted by Crippen LogP contribution is -2.47. The molecule has 1 aliphatic heterocycles. The van der Waals surface area contributed by atoms with Crippen molar-refractivity contribution in [3.8, 4) is 0 Å². The van der Waals surface area contributed by atoms with Crippen LogP contribution in [0.3, 0.4) is 0 Å². The quantitative estimate of drug-likeness (QED) is 0.759. The van der Waals surface area contributed by atoms with E-state index >= 15 is 0 Å². The fraction of sp³-hybridized carbons (Fsp3) is 0.462. The number of furan rings is 1. The van der Waals surface area contributed by atoms with Gasteiger partial charge >= 0.3 is 0 Å². The van der Waals surface area contributed by atoms with Crippen LogP contribution in [0.15, 0.2) is 22.8 Å². The van der Waals surface area contributed by atoms with Crippen LogP contribution in [-0.2, 0) is 7.05 Å². The van der Waals surface area contributed by atoms with Crippen molar-refractivity contribution in [2.75, 3.05) is 33.2 Å². The van der Waals surface area contributed by atoms with Gasteiger partial charge < -0.3 is 18.8 Å². The summed E-state index contributed by atoms with van der Waals surface area (Å²) in [6.07, 6.45) is 1.65. The number of nitrogens with zero attached hydrogens (tertiary/aromatic N) is 3. The Morgan fingerprint density at radius 1 is 1.22 bits per heavy atom. The van der Waals surface area contributed by atoms with E-state index in [1.54, 1.807) is 6.26 Å². The first-order chi connectivity index (χ1) is 8.66. The molecule has 2 aromatic heterocycles. The first-order valence-corrected chi connectivity index (χ1v) is 6.17. The highest BCUT2D eigenvalue weighted by Gasteiger charge is 2.23. The molecule has 0 N–H and O–H groups in total. The Balaban J connectivity index is 1.87. The molecule has 96 valence electrons. The van der Waals surface area contributed by atoms with Crippen LogP contribution in [0.5, 0.6) is 0 Å². The number of hydrogen-bond donors (Lipinski definition) is 0. The number of fused-ring (bicyclic) bond motifs is 1. The van der Waals surface area contributed by atoms with Gasteiger partial charge in [-0.1, -0.05) is 0 Å². The maximum Gasteiger partial charge on any atom is 0.270 e. The van der Waals surface area contributed by atoms with Gasteiger partial charge in [-0.15, -0.1) is 0 Å². The Morgan fingerprint density at radius 3 is 2.61 bits per heavy atom. The third-order valence-electron chi connectivity index (χ3n) is 3.67. The topological polar surface area (TPSA) is 41.6 Å². The molecule has 1 saturated heterocycles. The number of carbonyl (C=O) groups is 1. The molecule has 0 spiro atoms. The van der Waals surface area contributed by atoms with Crippen molar-refractivity contribution in [2.45, 2.75) is 0 Å². The molecule has 5 nitrogen and oxygen atoms in total. The van der Waals surface area contributed by atoms with Crippen LogP contribution in [0.4, 0.5) is 0 Å². The molecule has 0 atom stereocenters. The summed E-state index contributed by atoms with van der Waals surface area (Å²) in [6.45, 7) is 3.46. The summed E-state index contributed by atoms with van der Waals surface area (Å²) in [5.41, 5.74) is 2.44. The van der Waals surface area contributed by atoms with Gasteiger partial charge in [-0.3, -0.25) is 4.79 Å². The Bertz CT molecular complexity index is 576. The summed E-state index contributed by atoms with van der Waals surface area (Å²) >= 11 is 0. The number of rotatable bonds is 1. The zero-order valence-corrected chi connectivity index (χ0v) is 10.7. The van der Waals surface area contributed by atoms with Crippen LogP contribution in [0.1, 0.15) is 10.5 Å². The summed E-state index contributed by atoms with van der Waals surface area (Å²) in [5.74, 6) is 0.0944. The molecule has 2 aromatic rings. The average Bonchev–Trinajstić information content (AvgIpc) is 2.93. The average molecular weight is 247 g/mol. The lowest BCUT2D eigenvalue weighted by molar-refractivity contribution is 0.0655. The number of hydrogen-bond acceptors (Lipinski definition) is 3. The van der Waals surface area contributed by atoms with Crippen molar-refractivity contribution in [1.82, 2.24) is 14.4 Å². The van der Waals surface area contributed by atoms with Gasteiger partial charge in [-0.25, -0.2) is 0 Å². The lowest BCUT2D eigenvalue weighted by atomic mass is 10.3. The molecule has 18 heavy (non-hydrogen) atoms. The minimum absolute atomic E-state index is 0.0944. The van der Waals surface area contributed by atoms with E-state index < -0.39 is 0 Å². The molecule has 0 aromatic carbocycles. The van der Waals surface area contributed by atoms with E-state index in [9.17, 15) is 4.79 Å². The fourth-order valence-electron chi connectivity index (χ4n) is 2.43. The maximum atomic E-state index is 12.4. The Kier molecular flexibility index (Phi) is 2.63. The van der Waals surface area contributed by atoms with Crippen LogP contribution >= 0.6 is 0 Å². The third-order valence-corrected chi connectivity index (χ3v) is 3.67. The van der Waals surface area contributed by atoms with Crippen LogP contribution in [0.2, 0.25) is 0 Å². The van der Waals surface area contributed by atoms with Crippen molar-refractivity contribution < 1.29 is 9.21 Å². The van der Waals surface area contributed by atoms with E-state index in [4.69, 9.17) is 4.42 Å². The zero-order chi connectivity index (χ0) is 12.7. The van der Waals surface area contributed by atoms with Crippen LogP contribution in [0, 0.1) is 0 Å². The van der Waals surface area contributed by atoms with E-state index in [0.29, 0.717) is 5.69 Å². The van der Waals surface area contributed by atoms with Crippen molar-refractivity contribution >= 4 is 17.0 Å². The van der Waals surface area contributed by atoms with Gasteiger partial charge in [0.1, 0.15) is 5.69 Å². The van der Waals surface area contributed by atoms with Crippen molar-refractivity contribution in [3.05, 3.63) is 24.1 Å². The second-order valence-corrected chi connectivity index (χ2v) is 4.85. The second-order valence-electron chi connectivity index (χ2n) is 4.85. The molecule has 3 heterocycles. The van der Waals surface area contributed by atoms with Gasteiger partial charge in [-0.2, -0.15) is 0 Å². The highest BCUT2D eigenvalue weighted by atomic mass is 16.3. The predicted octanol–water partition coefficient (Wildman–Crippen LogP) is 1.16. The largest absolute Gasteiger partial charge is 0.463 e. The monoisotopic (exact) mass is 247 g/mol. The van der Waals surface area contributed by atoms with E-state index in [1.807, 2.05) is 28.6 Å². The van der Waals surface area contributed by atoms with Crippen LogP contribution in [0.25, 0.3) is 11.1 Å². The summed E-state index contributed by atoms with van der Waals surface area (Å²) in [5, 5.41) is 0. The third kappa shape index (κ3) is 1.71. The van der Waals surface area contributed by atoms with Crippen LogP contribution in [-0.4, -0.2) is 53.5 Å². The maximum absolute atomic E-state index is 12.4. The highest BCUT2D eigenvalue weighted by Crippen LogP contribution is 2.21. The van der Waals surface area contributed by atoms with Gasteiger partial charge in [0, 0.05) is 45.4 Å². The second kappa shape index (κ2) is 4.17. The molecule has 0 unspecified atom stereocenters. The lowest BCUT2D eigenvalue weighted by Gasteiger charge is -2.32.